The molecule has 1 aromatic rings. The third kappa shape index (κ3) is 3.47. The fourth-order valence-electron chi connectivity index (χ4n) is 2.56. The number of aromatic amines is 1. The van der Waals surface area contributed by atoms with Crippen LogP contribution in [0.5, 0.6) is 0 Å². The lowest BCUT2D eigenvalue weighted by Gasteiger charge is -2.21. The Bertz CT molecular complexity index is 587. The molecule has 0 aromatic carbocycles. The van der Waals surface area contributed by atoms with Crippen molar-refractivity contribution >= 4 is 11.5 Å². The predicted molar refractivity (Wildman–Crippen MR) is 82.7 cm³/mol. The fourth-order valence-corrected chi connectivity index (χ4v) is 2.56. The molecule has 7 heteroatoms. The first-order valence-corrected chi connectivity index (χ1v) is 7.51. The van der Waals surface area contributed by atoms with Gasteiger partial charge in [-0.1, -0.05) is 13.3 Å². The second kappa shape index (κ2) is 6.80. The predicted octanol–water partition coefficient (Wildman–Crippen LogP) is 0.756. The molecule has 21 heavy (non-hydrogen) atoms. The number of nitrogens with two attached hydrogens (primary N) is 1. The van der Waals surface area contributed by atoms with Crippen molar-refractivity contribution in [1.29, 1.82) is 0 Å². The first kappa shape index (κ1) is 15.6. The lowest BCUT2D eigenvalue weighted by molar-refractivity contribution is 0.183. The van der Waals surface area contributed by atoms with Crippen LogP contribution in [0.2, 0.25) is 0 Å². The Kier molecular flexibility index (Phi) is 5.06. The summed E-state index contributed by atoms with van der Waals surface area (Å²) in [6.45, 7) is 5.97. The quantitative estimate of drug-likeness (QED) is 0.719. The molecule has 4 N–H and O–H groups in total. The van der Waals surface area contributed by atoms with Crippen LogP contribution in [0.15, 0.2) is 9.59 Å². The van der Waals surface area contributed by atoms with Gasteiger partial charge in [0.1, 0.15) is 11.5 Å². The summed E-state index contributed by atoms with van der Waals surface area (Å²) < 4.78 is 6.78. The number of hydrogen-bond donors (Lipinski definition) is 3. The van der Waals surface area contributed by atoms with Gasteiger partial charge in [0, 0.05) is 25.1 Å². The van der Waals surface area contributed by atoms with Gasteiger partial charge in [-0.3, -0.25) is 14.3 Å². The van der Waals surface area contributed by atoms with Gasteiger partial charge < -0.3 is 15.8 Å². The summed E-state index contributed by atoms with van der Waals surface area (Å²) in [6, 6.07) is 0.0630. The molecule has 0 radical (unpaired) electrons. The molecular weight excluding hydrogens is 272 g/mol. The Balaban J connectivity index is 2.25. The van der Waals surface area contributed by atoms with Gasteiger partial charge >= 0.3 is 5.69 Å². The number of hydrogen-bond acceptors (Lipinski definition) is 5. The van der Waals surface area contributed by atoms with E-state index >= 15 is 0 Å². The molecule has 0 amide bonds. The van der Waals surface area contributed by atoms with Crippen LogP contribution in [0, 0.1) is 5.92 Å². The number of unbranched alkanes of at least 4 members (excludes halogenated alkanes) is 1. The number of nitrogens with zero attached hydrogens (tertiary/aromatic N) is 1. The highest BCUT2D eigenvalue weighted by Gasteiger charge is 2.24. The summed E-state index contributed by atoms with van der Waals surface area (Å²) in [5.74, 6) is 0.558. The van der Waals surface area contributed by atoms with Gasteiger partial charge in [0.25, 0.3) is 5.56 Å². The van der Waals surface area contributed by atoms with Crippen molar-refractivity contribution < 1.29 is 4.74 Å². The number of anilines is 2. The van der Waals surface area contributed by atoms with Gasteiger partial charge in [-0.2, -0.15) is 0 Å². The van der Waals surface area contributed by atoms with Crippen LogP contribution in [0.4, 0.5) is 11.5 Å². The summed E-state index contributed by atoms with van der Waals surface area (Å²) in [5.41, 5.74) is 5.39. The number of nitrogen functional groups attached to an aromatic ring is 1. The molecule has 2 rings (SSSR count). The van der Waals surface area contributed by atoms with Crippen LogP contribution in [0.1, 0.15) is 33.1 Å². The van der Waals surface area contributed by atoms with Crippen LogP contribution >= 0.6 is 0 Å². The van der Waals surface area contributed by atoms with Gasteiger partial charge in [0.15, 0.2) is 0 Å². The smallest absolute Gasteiger partial charge is 0.330 e. The van der Waals surface area contributed by atoms with Crippen LogP contribution < -0.4 is 22.3 Å². The Morgan fingerprint density at radius 3 is 2.90 bits per heavy atom. The molecule has 1 aliphatic heterocycles. The van der Waals surface area contributed by atoms with Crippen LogP contribution in [-0.4, -0.2) is 28.8 Å². The van der Waals surface area contributed by atoms with Crippen molar-refractivity contribution in [1.82, 2.24) is 9.55 Å². The van der Waals surface area contributed by atoms with Gasteiger partial charge in [-0.15, -0.1) is 0 Å². The minimum atomic E-state index is -0.462. The molecule has 1 saturated heterocycles. The number of nitrogens with one attached hydrogen (secondary N) is 2. The maximum atomic E-state index is 12.0. The van der Waals surface area contributed by atoms with E-state index in [4.69, 9.17) is 10.5 Å². The molecule has 2 heterocycles. The Hall–Kier alpha value is -1.76. The first-order chi connectivity index (χ1) is 10.0. The molecular formula is C14H24N4O3. The second-order valence-electron chi connectivity index (χ2n) is 5.58. The number of H-pyrrole nitrogens is 1. The molecule has 118 valence electrons. The average molecular weight is 296 g/mol. The maximum absolute atomic E-state index is 12.0. The minimum Gasteiger partial charge on any atom is -0.383 e. The van der Waals surface area contributed by atoms with Gasteiger partial charge in [-0.05, 0) is 19.8 Å². The van der Waals surface area contributed by atoms with E-state index in [0.717, 1.165) is 25.9 Å². The van der Waals surface area contributed by atoms with E-state index in [2.05, 4.69) is 10.3 Å². The molecule has 1 fully saturated rings. The summed E-state index contributed by atoms with van der Waals surface area (Å²) in [6.07, 6.45) is 2.74. The van der Waals surface area contributed by atoms with Crippen molar-refractivity contribution in [3.8, 4) is 0 Å². The summed E-state index contributed by atoms with van der Waals surface area (Å²) in [4.78, 5) is 26.2. The molecule has 0 saturated carbocycles. The van der Waals surface area contributed by atoms with Crippen molar-refractivity contribution in [3.63, 3.8) is 0 Å². The first-order valence-electron chi connectivity index (χ1n) is 7.51. The van der Waals surface area contributed by atoms with Crippen molar-refractivity contribution in [2.24, 2.45) is 5.92 Å². The topological polar surface area (TPSA) is 102 Å². The van der Waals surface area contributed by atoms with E-state index in [1.807, 2.05) is 13.8 Å². The standard InChI is InChI=1S/C14H24N4O3/c1-3-4-6-18-12(15)11(13(19)17-14(18)20)16-9(2)10-5-7-21-8-10/h9-10,16H,3-8,15H2,1-2H3,(H,17,19,20). The third-order valence-electron chi connectivity index (χ3n) is 4.02. The third-order valence-corrected chi connectivity index (χ3v) is 4.02. The van der Waals surface area contributed by atoms with E-state index < -0.39 is 11.2 Å². The summed E-state index contributed by atoms with van der Waals surface area (Å²) in [5, 5.41) is 3.16. The van der Waals surface area contributed by atoms with E-state index in [1.165, 1.54) is 4.57 Å². The lowest BCUT2D eigenvalue weighted by Crippen LogP contribution is -2.37. The SMILES string of the molecule is CCCCn1c(N)c(NC(C)C2CCOC2)c(=O)[nH]c1=O. The average Bonchev–Trinajstić information content (AvgIpc) is 2.97. The lowest BCUT2D eigenvalue weighted by atomic mass is 10.0. The normalized spacial score (nSPS) is 19.6. The summed E-state index contributed by atoms with van der Waals surface area (Å²) >= 11 is 0. The van der Waals surface area contributed by atoms with E-state index in [9.17, 15) is 9.59 Å². The number of ether oxygens (including phenoxy) is 1. The molecule has 0 spiro atoms. The largest absolute Gasteiger partial charge is 0.383 e. The minimum absolute atomic E-state index is 0.0630. The van der Waals surface area contributed by atoms with E-state index in [0.29, 0.717) is 19.1 Å². The van der Waals surface area contributed by atoms with Gasteiger partial charge in [0.2, 0.25) is 0 Å². The number of rotatable bonds is 6. The van der Waals surface area contributed by atoms with Crippen molar-refractivity contribution in [2.45, 2.75) is 45.7 Å². The fraction of sp³-hybridized carbons (Fsp3) is 0.714. The van der Waals surface area contributed by atoms with E-state index in [-0.39, 0.29) is 17.5 Å². The monoisotopic (exact) mass is 296 g/mol. The van der Waals surface area contributed by atoms with Crippen LogP contribution in [0.25, 0.3) is 0 Å². The Morgan fingerprint density at radius 2 is 2.29 bits per heavy atom. The van der Waals surface area contributed by atoms with Gasteiger partial charge in [0.05, 0.1) is 6.61 Å². The molecule has 0 aliphatic carbocycles. The second-order valence-corrected chi connectivity index (χ2v) is 5.58. The molecule has 1 aliphatic rings. The molecule has 2 atom stereocenters. The van der Waals surface area contributed by atoms with E-state index in [1.54, 1.807) is 0 Å². The highest BCUT2D eigenvalue weighted by atomic mass is 16.5. The molecule has 1 aromatic heterocycles. The van der Waals surface area contributed by atoms with Crippen LogP contribution in [0.3, 0.4) is 0 Å². The summed E-state index contributed by atoms with van der Waals surface area (Å²) in [7, 11) is 0. The highest BCUT2D eigenvalue weighted by Crippen LogP contribution is 2.21. The van der Waals surface area contributed by atoms with Crippen LogP contribution in [-0.2, 0) is 11.3 Å². The Morgan fingerprint density at radius 1 is 1.52 bits per heavy atom. The zero-order chi connectivity index (χ0) is 15.4. The highest BCUT2D eigenvalue weighted by molar-refractivity contribution is 5.60. The zero-order valence-corrected chi connectivity index (χ0v) is 12.6. The molecule has 2 unspecified atom stereocenters. The van der Waals surface area contributed by atoms with Crippen molar-refractivity contribution in [2.75, 3.05) is 24.3 Å². The molecule has 0 bridgehead atoms. The van der Waals surface area contributed by atoms with Gasteiger partial charge in [-0.25, -0.2) is 4.79 Å². The molecule has 7 nitrogen and oxygen atoms in total. The number of aromatic nitrogens is 2. The maximum Gasteiger partial charge on any atom is 0.330 e. The van der Waals surface area contributed by atoms with Crippen molar-refractivity contribution in [3.05, 3.63) is 20.8 Å². The zero-order valence-electron chi connectivity index (χ0n) is 12.6. The Labute approximate surface area is 123 Å².